The number of H-pyrrole nitrogens is 1. The van der Waals surface area contributed by atoms with Gasteiger partial charge in [-0.3, -0.25) is 5.10 Å². The standard InChI is InChI=1S/C11H15N5O2S/c12-9-3-1-4-10(7-9)19(17,18)15-6-2-5-11-13-8-14-16-11/h1,3-4,7-8,15H,2,5-6,12H2,(H,13,14,16). The Morgan fingerprint density at radius 2 is 2.21 bits per heavy atom. The molecule has 0 radical (unpaired) electrons. The van der Waals surface area contributed by atoms with E-state index in [0.717, 1.165) is 5.82 Å². The van der Waals surface area contributed by atoms with Gasteiger partial charge in [-0.1, -0.05) is 6.07 Å². The van der Waals surface area contributed by atoms with Crippen molar-refractivity contribution in [3.05, 3.63) is 36.4 Å². The Balaban J connectivity index is 1.88. The summed E-state index contributed by atoms with van der Waals surface area (Å²) in [7, 11) is -3.50. The highest BCUT2D eigenvalue weighted by Crippen LogP contribution is 2.12. The van der Waals surface area contributed by atoms with E-state index in [9.17, 15) is 8.42 Å². The molecule has 0 unspecified atom stereocenters. The van der Waals surface area contributed by atoms with Gasteiger partial charge in [-0.05, 0) is 24.6 Å². The first kappa shape index (κ1) is 13.5. The Bertz CT molecular complexity index is 624. The van der Waals surface area contributed by atoms with Crippen LogP contribution in [0, 0.1) is 0 Å². The number of nitrogens with one attached hydrogen (secondary N) is 2. The molecule has 4 N–H and O–H groups in total. The zero-order valence-corrected chi connectivity index (χ0v) is 11.0. The molecule has 19 heavy (non-hydrogen) atoms. The van der Waals surface area contributed by atoms with Crippen molar-refractivity contribution in [2.24, 2.45) is 0 Å². The second kappa shape index (κ2) is 5.81. The van der Waals surface area contributed by atoms with Crippen molar-refractivity contribution in [2.45, 2.75) is 17.7 Å². The Hall–Kier alpha value is -1.93. The number of anilines is 1. The highest BCUT2D eigenvalue weighted by Gasteiger charge is 2.13. The normalized spacial score (nSPS) is 11.6. The van der Waals surface area contributed by atoms with Gasteiger partial charge in [0.2, 0.25) is 10.0 Å². The number of aryl methyl sites for hydroxylation is 1. The number of hydrogen-bond acceptors (Lipinski definition) is 5. The number of hydrogen-bond donors (Lipinski definition) is 3. The monoisotopic (exact) mass is 281 g/mol. The predicted octanol–water partition coefficient (Wildman–Crippen LogP) is 0.298. The highest BCUT2D eigenvalue weighted by molar-refractivity contribution is 7.89. The minimum Gasteiger partial charge on any atom is -0.399 e. The molecule has 1 heterocycles. The second-order valence-corrected chi connectivity index (χ2v) is 5.77. The van der Waals surface area contributed by atoms with E-state index in [0.29, 0.717) is 25.1 Å². The Morgan fingerprint density at radius 1 is 1.37 bits per heavy atom. The Labute approximate surface area is 111 Å². The summed E-state index contributed by atoms with van der Waals surface area (Å²) >= 11 is 0. The van der Waals surface area contributed by atoms with Crippen LogP contribution in [0.5, 0.6) is 0 Å². The summed E-state index contributed by atoms with van der Waals surface area (Å²) in [6, 6.07) is 6.19. The summed E-state index contributed by atoms with van der Waals surface area (Å²) in [5.41, 5.74) is 5.98. The van der Waals surface area contributed by atoms with Crippen LogP contribution in [-0.4, -0.2) is 30.1 Å². The van der Waals surface area contributed by atoms with Crippen LogP contribution in [-0.2, 0) is 16.4 Å². The summed E-state index contributed by atoms with van der Waals surface area (Å²) in [5.74, 6) is 0.739. The lowest BCUT2D eigenvalue weighted by molar-refractivity contribution is 0.578. The lowest BCUT2D eigenvalue weighted by Crippen LogP contribution is -2.25. The molecule has 1 aromatic heterocycles. The fourth-order valence-corrected chi connectivity index (χ4v) is 2.71. The largest absolute Gasteiger partial charge is 0.399 e. The Kier molecular flexibility index (Phi) is 4.13. The van der Waals surface area contributed by atoms with Crippen molar-refractivity contribution in [3.8, 4) is 0 Å². The number of nitrogen functional groups attached to an aromatic ring is 1. The highest BCUT2D eigenvalue weighted by atomic mass is 32.2. The molecular weight excluding hydrogens is 266 g/mol. The van der Waals surface area contributed by atoms with Crippen LogP contribution in [0.4, 0.5) is 5.69 Å². The summed E-state index contributed by atoms with van der Waals surface area (Å²) in [5, 5.41) is 6.44. The quantitative estimate of drug-likeness (QED) is 0.520. The first-order chi connectivity index (χ1) is 9.08. The summed E-state index contributed by atoms with van der Waals surface area (Å²) in [4.78, 5) is 4.13. The molecule has 0 spiro atoms. The zero-order chi connectivity index (χ0) is 13.7. The van der Waals surface area contributed by atoms with Crippen LogP contribution in [0.3, 0.4) is 0 Å². The zero-order valence-electron chi connectivity index (χ0n) is 10.2. The van der Waals surface area contributed by atoms with Crippen LogP contribution in [0.15, 0.2) is 35.5 Å². The molecule has 0 aliphatic carbocycles. The molecule has 0 saturated carbocycles. The van der Waals surface area contributed by atoms with Crippen molar-refractivity contribution in [1.29, 1.82) is 0 Å². The molecule has 0 aliphatic heterocycles. The molecule has 0 bridgehead atoms. The van der Waals surface area contributed by atoms with Crippen LogP contribution in [0.1, 0.15) is 12.2 Å². The van der Waals surface area contributed by atoms with E-state index in [2.05, 4.69) is 19.9 Å². The van der Waals surface area contributed by atoms with Gasteiger partial charge in [-0.25, -0.2) is 18.1 Å². The molecule has 0 atom stereocenters. The van der Waals surface area contributed by atoms with Crippen molar-refractivity contribution in [3.63, 3.8) is 0 Å². The van der Waals surface area contributed by atoms with Gasteiger partial charge in [0, 0.05) is 18.7 Å². The first-order valence-corrected chi connectivity index (χ1v) is 7.26. The third kappa shape index (κ3) is 3.76. The molecule has 7 nitrogen and oxygen atoms in total. The van der Waals surface area contributed by atoms with Gasteiger partial charge in [-0.15, -0.1) is 0 Å². The van der Waals surface area contributed by atoms with E-state index in [4.69, 9.17) is 5.73 Å². The van der Waals surface area contributed by atoms with Crippen molar-refractivity contribution < 1.29 is 8.42 Å². The molecule has 0 aliphatic rings. The van der Waals surface area contributed by atoms with Gasteiger partial charge in [0.25, 0.3) is 0 Å². The fraction of sp³-hybridized carbons (Fsp3) is 0.273. The number of nitrogens with zero attached hydrogens (tertiary/aromatic N) is 2. The van der Waals surface area contributed by atoms with E-state index >= 15 is 0 Å². The molecular formula is C11H15N5O2S. The van der Waals surface area contributed by atoms with E-state index in [1.54, 1.807) is 12.1 Å². The minimum absolute atomic E-state index is 0.173. The van der Waals surface area contributed by atoms with Gasteiger partial charge < -0.3 is 5.73 Å². The third-order valence-corrected chi connectivity index (χ3v) is 3.97. The van der Waals surface area contributed by atoms with E-state index in [-0.39, 0.29) is 4.90 Å². The molecule has 2 rings (SSSR count). The van der Waals surface area contributed by atoms with Gasteiger partial charge in [0.05, 0.1) is 4.90 Å². The average Bonchev–Trinajstić information content (AvgIpc) is 2.88. The summed E-state index contributed by atoms with van der Waals surface area (Å²) in [6.07, 6.45) is 2.70. The molecule has 2 aromatic rings. The molecule has 0 fully saturated rings. The molecule has 102 valence electrons. The number of aromatic nitrogens is 3. The maximum atomic E-state index is 11.9. The molecule has 8 heteroatoms. The summed E-state index contributed by atoms with van der Waals surface area (Å²) < 4.78 is 26.4. The van der Waals surface area contributed by atoms with Crippen molar-refractivity contribution in [1.82, 2.24) is 19.9 Å². The maximum absolute atomic E-state index is 11.9. The molecule has 0 amide bonds. The van der Waals surface area contributed by atoms with Gasteiger partial charge in [0.15, 0.2) is 0 Å². The fourth-order valence-electron chi connectivity index (χ4n) is 1.58. The topological polar surface area (TPSA) is 114 Å². The number of benzene rings is 1. The van der Waals surface area contributed by atoms with Gasteiger partial charge in [-0.2, -0.15) is 5.10 Å². The van der Waals surface area contributed by atoms with Crippen LogP contribution in [0.25, 0.3) is 0 Å². The first-order valence-electron chi connectivity index (χ1n) is 5.77. The molecule has 1 aromatic carbocycles. The Morgan fingerprint density at radius 3 is 2.89 bits per heavy atom. The molecule has 0 saturated heterocycles. The van der Waals surface area contributed by atoms with Crippen LogP contribution < -0.4 is 10.5 Å². The van der Waals surface area contributed by atoms with E-state index in [1.165, 1.54) is 18.5 Å². The maximum Gasteiger partial charge on any atom is 0.240 e. The number of nitrogens with two attached hydrogens (primary N) is 1. The lowest BCUT2D eigenvalue weighted by atomic mass is 10.3. The minimum atomic E-state index is -3.50. The summed E-state index contributed by atoms with van der Waals surface area (Å²) in [6.45, 7) is 0.331. The third-order valence-electron chi connectivity index (χ3n) is 2.52. The van der Waals surface area contributed by atoms with E-state index in [1.807, 2.05) is 0 Å². The number of rotatable bonds is 6. The van der Waals surface area contributed by atoms with Crippen LogP contribution >= 0.6 is 0 Å². The number of aromatic amines is 1. The van der Waals surface area contributed by atoms with E-state index < -0.39 is 10.0 Å². The van der Waals surface area contributed by atoms with Gasteiger partial charge >= 0.3 is 0 Å². The van der Waals surface area contributed by atoms with Gasteiger partial charge in [0.1, 0.15) is 12.2 Å². The lowest BCUT2D eigenvalue weighted by Gasteiger charge is -2.06. The van der Waals surface area contributed by atoms with Crippen molar-refractivity contribution >= 4 is 15.7 Å². The average molecular weight is 281 g/mol. The SMILES string of the molecule is Nc1cccc(S(=O)(=O)NCCCc2ncn[nH]2)c1. The second-order valence-electron chi connectivity index (χ2n) is 4.01. The van der Waals surface area contributed by atoms with Crippen molar-refractivity contribution in [2.75, 3.05) is 12.3 Å². The number of sulfonamides is 1. The predicted molar refractivity (Wildman–Crippen MR) is 70.7 cm³/mol. The van der Waals surface area contributed by atoms with Crippen LogP contribution in [0.2, 0.25) is 0 Å². The smallest absolute Gasteiger partial charge is 0.240 e.